The molecule has 3 aromatic carbocycles. The zero-order valence-electron chi connectivity index (χ0n) is 22.9. The molecule has 10 heteroatoms. The van der Waals surface area contributed by atoms with Crippen molar-refractivity contribution in [3.8, 4) is 0 Å². The molecule has 0 spiro atoms. The predicted molar refractivity (Wildman–Crippen MR) is 167 cm³/mol. The molecule has 3 aromatic rings. The van der Waals surface area contributed by atoms with Crippen LogP contribution in [0.1, 0.15) is 29.5 Å². The van der Waals surface area contributed by atoms with E-state index in [4.69, 9.17) is 9.47 Å². The van der Waals surface area contributed by atoms with Gasteiger partial charge in [-0.25, -0.2) is 0 Å². The van der Waals surface area contributed by atoms with Crippen molar-refractivity contribution in [1.82, 2.24) is 14.7 Å². The molecular weight excluding hydrogens is 718 g/mol. The van der Waals surface area contributed by atoms with Gasteiger partial charge in [-0.2, -0.15) is 0 Å². The number of fused-ring (bicyclic) bond motifs is 2. The molecule has 2 fully saturated rings. The van der Waals surface area contributed by atoms with Gasteiger partial charge in [0.2, 0.25) is 0 Å². The van der Waals surface area contributed by atoms with Gasteiger partial charge in [0.1, 0.15) is 12.1 Å². The molecular formula is C31H32Br3N3O4. The highest BCUT2D eigenvalue weighted by Gasteiger charge is 2.53. The van der Waals surface area contributed by atoms with Gasteiger partial charge in [0.05, 0.1) is 26.6 Å². The minimum absolute atomic E-state index is 0.199. The van der Waals surface area contributed by atoms with Crippen LogP contribution in [0.15, 0.2) is 86.2 Å². The summed E-state index contributed by atoms with van der Waals surface area (Å²) in [6.07, 6.45) is 0.575. The second-order valence-electron chi connectivity index (χ2n) is 10.4. The minimum Gasteiger partial charge on any atom is -0.468 e. The third kappa shape index (κ3) is 6.95. The van der Waals surface area contributed by atoms with Gasteiger partial charge in [0.25, 0.3) is 0 Å². The summed E-state index contributed by atoms with van der Waals surface area (Å²) in [6.45, 7) is 1.75. The summed E-state index contributed by atoms with van der Waals surface area (Å²) in [5, 5.41) is 0. The SMILES string of the molecule is COC(=O)C1C[C@@H]2N(Cc3ccc(Br)cc3)[C@@H](C(=O)OC)C[C@H](N1Cc1ccc(Br)cc1)N2Cc1ccc(Br)cc1. The van der Waals surface area contributed by atoms with Crippen molar-refractivity contribution >= 4 is 59.7 Å². The second kappa shape index (κ2) is 13.5. The standard InChI is InChI=1S/C31H32Br3N3O4/c1-40-30(38)26-15-28-36(18-21-5-11-24(33)12-6-21)27(31(39)41-2)16-29(35(26)17-20-3-9-23(32)10-4-20)37(28)19-22-7-13-25(34)14-8-22/h3-14,26-29H,15-19H2,1-2H3/t26-,27?,28-,29-/m1/s1. The maximum atomic E-state index is 13.3. The van der Waals surface area contributed by atoms with Gasteiger partial charge in [-0.1, -0.05) is 84.2 Å². The summed E-state index contributed by atoms with van der Waals surface area (Å²) >= 11 is 10.6. The highest BCUT2D eigenvalue weighted by Crippen LogP contribution is 2.40. The second-order valence-corrected chi connectivity index (χ2v) is 13.2. The van der Waals surface area contributed by atoms with Crippen LogP contribution < -0.4 is 0 Å². The Labute approximate surface area is 266 Å². The molecule has 41 heavy (non-hydrogen) atoms. The zero-order chi connectivity index (χ0) is 29.1. The predicted octanol–water partition coefficient (Wildman–Crippen LogP) is 6.32. The van der Waals surface area contributed by atoms with Crippen LogP contribution >= 0.6 is 47.8 Å². The van der Waals surface area contributed by atoms with Gasteiger partial charge in [-0.15, -0.1) is 0 Å². The number of nitrogens with zero attached hydrogens (tertiary/aromatic N) is 3. The Balaban J connectivity index is 1.57. The Morgan fingerprint density at radius 1 is 0.585 bits per heavy atom. The summed E-state index contributed by atoms with van der Waals surface area (Å²) in [5.41, 5.74) is 3.32. The number of halogens is 3. The Morgan fingerprint density at radius 3 is 1.17 bits per heavy atom. The average molecular weight is 750 g/mol. The van der Waals surface area contributed by atoms with Gasteiger partial charge < -0.3 is 9.47 Å². The number of hydrogen-bond acceptors (Lipinski definition) is 7. The lowest BCUT2D eigenvalue weighted by atomic mass is 9.90. The van der Waals surface area contributed by atoms with Crippen molar-refractivity contribution in [2.75, 3.05) is 14.2 Å². The molecule has 2 heterocycles. The van der Waals surface area contributed by atoms with Crippen molar-refractivity contribution in [3.05, 3.63) is 103 Å². The number of esters is 2. The van der Waals surface area contributed by atoms with Crippen molar-refractivity contribution in [2.24, 2.45) is 0 Å². The Hall–Kier alpha value is -2.08. The van der Waals surface area contributed by atoms with E-state index in [1.165, 1.54) is 14.2 Å². The highest BCUT2D eigenvalue weighted by molar-refractivity contribution is 9.11. The van der Waals surface area contributed by atoms with Crippen molar-refractivity contribution in [3.63, 3.8) is 0 Å². The fourth-order valence-corrected chi connectivity index (χ4v) is 6.78. The van der Waals surface area contributed by atoms with Gasteiger partial charge in [0, 0.05) is 45.9 Å². The van der Waals surface area contributed by atoms with Crippen molar-refractivity contribution in [1.29, 1.82) is 0 Å². The highest BCUT2D eigenvalue weighted by atomic mass is 79.9. The van der Waals surface area contributed by atoms with E-state index in [9.17, 15) is 9.59 Å². The van der Waals surface area contributed by atoms with Crippen LogP contribution in [0.3, 0.4) is 0 Å². The van der Waals surface area contributed by atoms with E-state index < -0.39 is 12.1 Å². The average Bonchev–Trinajstić information content (AvgIpc) is 2.98. The molecule has 0 radical (unpaired) electrons. The van der Waals surface area contributed by atoms with Gasteiger partial charge in [-0.05, 0) is 53.1 Å². The minimum atomic E-state index is -0.467. The number of hydrogen-bond donors (Lipinski definition) is 0. The monoisotopic (exact) mass is 747 g/mol. The lowest BCUT2D eigenvalue weighted by Crippen LogP contribution is -2.73. The first-order valence-electron chi connectivity index (χ1n) is 13.4. The quantitative estimate of drug-likeness (QED) is 0.250. The maximum absolute atomic E-state index is 13.3. The molecule has 216 valence electrons. The molecule has 0 amide bonds. The lowest BCUT2D eigenvalue weighted by Gasteiger charge is -2.59. The summed E-state index contributed by atoms with van der Waals surface area (Å²) in [6, 6.07) is 23.6. The fraction of sp³-hybridized carbons (Fsp3) is 0.355. The van der Waals surface area contributed by atoms with Crippen LogP contribution in [0.25, 0.3) is 0 Å². The van der Waals surface area contributed by atoms with Crippen LogP contribution in [-0.4, -0.2) is 65.3 Å². The van der Waals surface area contributed by atoms with Gasteiger partial charge in [-0.3, -0.25) is 24.3 Å². The number of carbonyl (C=O) groups is 2. The van der Waals surface area contributed by atoms with Crippen molar-refractivity contribution in [2.45, 2.75) is 56.9 Å². The summed E-state index contributed by atoms with van der Waals surface area (Å²) in [7, 11) is 2.89. The van der Waals surface area contributed by atoms with E-state index in [1.807, 2.05) is 36.4 Å². The van der Waals surface area contributed by atoms with E-state index in [0.29, 0.717) is 32.5 Å². The topological polar surface area (TPSA) is 62.3 Å². The molecule has 0 N–H and O–H groups in total. The van der Waals surface area contributed by atoms with Gasteiger partial charge >= 0.3 is 11.9 Å². The summed E-state index contributed by atoms with van der Waals surface area (Å²) in [4.78, 5) is 33.5. The normalized spacial score (nSPS) is 23.2. The number of ether oxygens (including phenoxy) is 2. The van der Waals surface area contributed by atoms with Crippen LogP contribution in [-0.2, 0) is 38.7 Å². The smallest absolute Gasteiger partial charge is 0.323 e. The van der Waals surface area contributed by atoms with Crippen LogP contribution in [0.5, 0.6) is 0 Å². The molecule has 0 aromatic heterocycles. The third-order valence-corrected chi connectivity index (χ3v) is 9.57. The number of carbonyl (C=O) groups excluding carboxylic acids is 2. The molecule has 2 aliphatic heterocycles. The molecule has 7 nitrogen and oxygen atoms in total. The van der Waals surface area contributed by atoms with E-state index in [-0.39, 0.29) is 24.3 Å². The Kier molecular flexibility index (Phi) is 9.99. The fourth-order valence-electron chi connectivity index (χ4n) is 5.99. The van der Waals surface area contributed by atoms with Gasteiger partial charge in [0.15, 0.2) is 0 Å². The molecule has 0 saturated carbocycles. The number of benzene rings is 3. The molecule has 5 rings (SSSR count). The van der Waals surface area contributed by atoms with E-state index in [2.05, 4.69) is 98.9 Å². The van der Waals surface area contributed by atoms with Crippen LogP contribution in [0, 0.1) is 0 Å². The summed E-state index contributed by atoms with van der Waals surface area (Å²) < 4.78 is 13.7. The number of methoxy groups -OCH3 is 2. The third-order valence-electron chi connectivity index (χ3n) is 7.98. The molecule has 2 aliphatic rings. The van der Waals surface area contributed by atoms with Crippen molar-refractivity contribution < 1.29 is 19.1 Å². The molecule has 0 aliphatic carbocycles. The maximum Gasteiger partial charge on any atom is 0.323 e. The first-order valence-corrected chi connectivity index (χ1v) is 15.8. The Morgan fingerprint density at radius 2 is 0.878 bits per heavy atom. The lowest BCUT2D eigenvalue weighted by molar-refractivity contribution is -0.201. The molecule has 2 bridgehead atoms. The Bertz CT molecular complexity index is 1270. The van der Waals surface area contributed by atoms with E-state index >= 15 is 0 Å². The first-order chi connectivity index (χ1) is 19.8. The first kappa shape index (κ1) is 30.4. The largest absolute Gasteiger partial charge is 0.468 e. The van der Waals surface area contributed by atoms with Crippen LogP contribution in [0.2, 0.25) is 0 Å². The molecule has 1 unspecified atom stereocenters. The van der Waals surface area contributed by atoms with E-state index in [0.717, 1.165) is 30.1 Å². The summed E-state index contributed by atoms with van der Waals surface area (Å²) in [5.74, 6) is -0.527. The molecule has 4 atom stereocenters. The number of rotatable bonds is 8. The molecule has 2 saturated heterocycles. The zero-order valence-corrected chi connectivity index (χ0v) is 27.6. The van der Waals surface area contributed by atoms with E-state index in [1.54, 1.807) is 0 Å². The van der Waals surface area contributed by atoms with Crippen LogP contribution in [0.4, 0.5) is 0 Å².